The summed E-state index contributed by atoms with van der Waals surface area (Å²) in [7, 11) is 0. The minimum Gasteiger partial charge on any atom is -0.469 e. The van der Waals surface area contributed by atoms with E-state index in [1.54, 1.807) is 13.0 Å². The van der Waals surface area contributed by atoms with E-state index in [1.165, 1.54) is 6.26 Å². The second-order valence-electron chi connectivity index (χ2n) is 3.36. The maximum Gasteiger partial charge on any atom is 0.254 e. The number of rotatable bonds is 7. The standard InChI is InChI=1S/C11H16ClNO3/c1-9-7-10(8-16-9)11(14)13-4-2-5-15-6-3-12/h7-8H,2-6H2,1H3,(H,13,14). The molecule has 16 heavy (non-hydrogen) atoms. The summed E-state index contributed by atoms with van der Waals surface area (Å²) in [6, 6.07) is 1.71. The molecule has 1 amide bonds. The highest BCUT2D eigenvalue weighted by molar-refractivity contribution is 6.17. The van der Waals surface area contributed by atoms with E-state index in [9.17, 15) is 4.79 Å². The first-order chi connectivity index (χ1) is 7.74. The Morgan fingerprint density at radius 3 is 3.00 bits per heavy atom. The molecule has 0 aliphatic heterocycles. The lowest BCUT2D eigenvalue weighted by atomic mass is 10.3. The van der Waals surface area contributed by atoms with Gasteiger partial charge >= 0.3 is 0 Å². The molecule has 1 aromatic rings. The van der Waals surface area contributed by atoms with E-state index in [0.717, 1.165) is 12.2 Å². The first-order valence-electron chi connectivity index (χ1n) is 5.21. The average molecular weight is 246 g/mol. The molecular formula is C11H16ClNO3. The zero-order valence-electron chi connectivity index (χ0n) is 9.29. The smallest absolute Gasteiger partial charge is 0.254 e. The van der Waals surface area contributed by atoms with Crippen LogP contribution in [-0.2, 0) is 4.74 Å². The molecule has 5 heteroatoms. The van der Waals surface area contributed by atoms with Crippen LogP contribution in [0.3, 0.4) is 0 Å². The van der Waals surface area contributed by atoms with Gasteiger partial charge in [-0.15, -0.1) is 11.6 Å². The maximum absolute atomic E-state index is 11.5. The Morgan fingerprint density at radius 2 is 2.38 bits per heavy atom. The SMILES string of the molecule is Cc1cc(C(=O)NCCCOCCCl)co1. The highest BCUT2D eigenvalue weighted by Crippen LogP contribution is 2.05. The normalized spacial score (nSPS) is 10.4. The van der Waals surface area contributed by atoms with Crippen LogP contribution < -0.4 is 5.32 Å². The third kappa shape index (κ3) is 4.68. The number of hydrogen-bond acceptors (Lipinski definition) is 3. The fourth-order valence-corrected chi connectivity index (χ4v) is 1.31. The Morgan fingerprint density at radius 1 is 1.56 bits per heavy atom. The molecule has 0 aromatic carbocycles. The van der Waals surface area contributed by atoms with Crippen LogP contribution in [0.1, 0.15) is 22.5 Å². The number of ether oxygens (including phenoxy) is 1. The minimum atomic E-state index is -0.116. The summed E-state index contributed by atoms with van der Waals surface area (Å²) in [6.45, 7) is 3.55. The first-order valence-corrected chi connectivity index (χ1v) is 5.74. The van der Waals surface area contributed by atoms with Gasteiger partial charge in [0.05, 0.1) is 12.2 Å². The molecule has 0 spiro atoms. The molecule has 1 rings (SSSR count). The monoisotopic (exact) mass is 245 g/mol. The van der Waals surface area contributed by atoms with E-state index >= 15 is 0 Å². The van der Waals surface area contributed by atoms with E-state index in [0.29, 0.717) is 31.2 Å². The predicted octanol–water partition coefficient (Wildman–Crippen LogP) is 1.96. The second kappa shape index (κ2) is 7.30. The Hall–Kier alpha value is -1.00. The summed E-state index contributed by atoms with van der Waals surface area (Å²) < 4.78 is 10.2. The van der Waals surface area contributed by atoms with Crippen LogP contribution in [0.15, 0.2) is 16.7 Å². The number of carbonyl (C=O) groups excluding carboxylic acids is 1. The number of carbonyl (C=O) groups is 1. The van der Waals surface area contributed by atoms with Crippen molar-refractivity contribution in [2.45, 2.75) is 13.3 Å². The molecule has 1 aromatic heterocycles. The predicted molar refractivity (Wildman–Crippen MR) is 61.9 cm³/mol. The van der Waals surface area contributed by atoms with Gasteiger partial charge in [0, 0.05) is 19.0 Å². The number of furan rings is 1. The third-order valence-corrected chi connectivity index (χ3v) is 2.12. The van der Waals surface area contributed by atoms with Crippen molar-refractivity contribution in [2.75, 3.05) is 25.6 Å². The largest absolute Gasteiger partial charge is 0.469 e. The number of hydrogen-bond donors (Lipinski definition) is 1. The van der Waals surface area contributed by atoms with Crippen LogP contribution >= 0.6 is 11.6 Å². The van der Waals surface area contributed by atoms with Gasteiger partial charge in [0.25, 0.3) is 5.91 Å². The van der Waals surface area contributed by atoms with Crippen LogP contribution in [0.25, 0.3) is 0 Å². The minimum absolute atomic E-state index is 0.116. The summed E-state index contributed by atoms with van der Waals surface area (Å²) in [5, 5.41) is 2.78. The summed E-state index contributed by atoms with van der Waals surface area (Å²) in [5.41, 5.74) is 0.555. The first kappa shape index (κ1) is 13.1. The topological polar surface area (TPSA) is 51.5 Å². The molecule has 0 fully saturated rings. The average Bonchev–Trinajstić information content (AvgIpc) is 2.70. The molecule has 0 aliphatic rings. The number of alkyl halides is 1. The number of aryl methyl sites for hydroxylation is 1. The molecule has 90 valence electrons. The summed E-state index contributed by atoms with van der Waals surface area (Å²) >= 11 is 5.44. The van der Waals surface area contributed by atoms with E-state index in [-0.39, 0.29) is 5.91 Å². The fourth-order valence-electron chi connectivity index (χ4n) is 1.20. The van der Waals surface area contributed by atoms with Crippen molar-refractivity contribution in [3.8, 4) is 0 Å². The molecule has 0 saturated heterocycles. The van der Waals surface area contributed by atoms with Gasteiger partial charge in [-0.1, -0.05) is 0 Å². The van der Waals surface area contributed by atoms with Crippen molar-refractivity contribution >= 4 is 17.5 Å². The molecule has 0 bridgehead atoms. The van der Waals surface area contributed by atoms with Crippen molar-refractivity contribution in [3.63, 3.8) is 0 Å². The van der Waals surface area contributed by atoms with Crippen LogP contribution in [0.4, 0.5) is 0 Å². The van der Waals surface area contributed by atoms with Crippen molar-refractivity contribution in [1.82, 2.24) is 5.32 Å². The van der Waals surface area contributed by atoms with Gasteiger partial charge in [-0.25, -0.2) is 0 Å². The molecule has 0 unspecified atom stereocenters. The number of halogens is 1. The lowest BCUT2D eigenvalue weighted by molar-refractivity contribution is 0.0944. The Bertz CT molecular complexity index is 325. The summed E-state index contributed by atoms with van der Waals surface area (Å²) in [6.07, 6.45) is 2.23. The van der Waals surface area contributed by atoms with Crippen LogP contribution in [0.5, 0.6) is 0 Å². The Balaban J connectivity index is 2.11. The lowest BCUT2D eigenvalue weighted by Crippen LogP contribution is -2.24. The van der Waals surface area contributed by atoms with Crippen molar-refractivity contribution in [3.05, 3.63) is 23.7 Å². The van der Waals surface area contributed by atoms with Gasteiger partial charge in [-0.2, -0.15) is 0 Å². The molecular weight excluding hydrogens is 230 g/mol. The zero-order chi connectivity index (χ0) is 11.8. The van der Waals surface area contributed by atoms with Gasteiger partial charge in [0.15, 0.2) is 0 Å². The maximum atomic E-state index is 11.5. The molecule has 0 radical (unpaired) electrons. The summed E-state index contributed by atoms with van der Waals surface area (Å²) in [5.74, 6) is 1.12. The fraction of sp³-hybridized carbons (Fsp3) is 0.545. The van der Waals surface area contributed by atoms with Gasteiger partial charge in [0.2, 0.25) is 0 Å². The second-order valence-corrected chi connectivity index (χ2v) is 3.73. The van der Waals surface area contributed by atoms with E-state index in [4.69, 9.17) is 20.8 Å². The number of amides is 1. The molecule has 1 N–H and O–H groups in total. The van der Waals surface area contributed by atoms with Gasteiger partial charge in [-0.3, -0.25) is 4.79 Å². The van der Waals surface area contributed by atoms with Crippen molar-refractivity contribution in [1.29, 1.82) is 0 Å². The van der Waals surface area contributed by atoms with Crippen LogP contribution in [0.2, 0.25) is 0 Å². The van der Waals surface area contributed by atoms with Crippen LogP contribution in [-0.4, -0.2) is 31.5 Å². The van der Waals surface area contributed by atoms with E-state index < -0.39 is 0 Å². The highest BCUT2D eigenvalue weighted by Gasteiger charge is 2.06. The summed E-state index contributed by atoms with van der Waals surface area (Å²) in [4.78, 5) is 11.5. The Kier molecular flexibility index (Phi) is 5.96. The molecule has 1 heterocycles. The molecule has 0 aliphatic carbocycles. The van der Waals surface area contributed by atoms with Gasteiger partial charge < -0.3 is 14.5 Å². The quantitative estimate of drug-likeness (QED) is 0.590. The molecule has 0 saturated carbocycles. The van der Waals surface area contributed by atoms with Gasteiger partial charge in [-0.05, 0) is 19.4 Å². The van der Waals surface area contributed by atoms with E-state index in [2.05, 4.69) is 5.32 Å². The Labute approximate surface area is 99.9 Å². The van der Waals surface area contributed by atoms with E-state index in [1.807, 2.05) is 0 Å². The van der Waals surface area contributed by atoms with Gasteiger partial charge in [0.1, 0.15) is 12.0 Å². The lowest BCUT2D eigenvalue weighted by Gasteiger charge is -2.03. The molecule has 0 atom stereocenters. The zero-order valence-corrected chi connectivity index (χ0v) is 10.0. The highest BCUT2D eigenvalue weighted by atomic mass is 35.5. The molecule has 4 nitrogen and oxygen atoms in total. The van der Waals surface area contributed by atoms with Crippen molar-refractivity contribution < 1.29 is 13.9 Å². The van der Waals surface area contributed by atoms with Crippen LogP contribution in [0, 0.1) is 6.92 Å². The van der Waals surface area contributed by atoms with Crippen molar-refractivity contribution in [2.24, 2.45) is 0 Å². The third-order valence-electron chi connectivity index (χ3n) is 1.97. The number of nitrogens with one attached hydrogen (secondary N) is 1.